The van der Waals surface area contributed by atoms with Crippen molar-refractivity contribution in [2.24, 2.45) is 0 Å². The third kappa shape index (κ3) is 3.93. The van der Waals surface area contributed by atoms with Crippen molar-refractivity contribution in [1.82, 2.24) is 0 Å². The Hall–Kier alpha value is -1.14. The molecular formula is C14H19BrN2O3. The number of halogens is 1. The van der Waals surface area contributed by atoms with Crippen LogP contribution in [0.2, 0.25) is 0 Å². The molecule has 1 N–H and O–H groups in total. The molecule has 0 saturated carbocycles. The first-order valence-corrected chi connectivity index (χ1v) is 7.71. The highest BCUT2D eigenvalue weighted by Crippen LogP contribution is 2.30. The number of nitrogens with zero attached hydrogens (tertiary/aromatic N) is 1. The van der Waals surface area contributed by atoms with Crippen molar-refractivity contribution >= 4 is 27.3 Å². The van der Waals surface area contributed by atoms with E-state index in [1.807, 2.05) is 6.07 Å². The van der Waals surface area contributed by atoms with Crippen LogP contribution in [0.25, 0.3) is 0 Å². The first-order chi connectivity index (χ1) is 9.60. The zero-order chi connectivity index (χ0) is 14.5. The molecule has 0 aromatic heterocycles. The van der Waals surface area contributed by atoms with E-state index in [0.29, 0.717) is 16.8 Å². The number of rotatable bonds is 5. The zero-order valence-corrected chi connectivity index (χ0v) is 13.1. The Morgan fingerprint density at radius 3 is 3.05 bits per heavy atom. The van der Waals surface area contributed by atoms with E-state index in [1.54, 1.807) is 6.07 Å². The molecule has 0 bridgehead atoms. The number of benzene rings is 1. The van der Waals surface area contributed by atoms with Crippen LogP contribution in [0.3, 0.4) is 0 Å². The lowest BCUT2D eigenvalue weighted by Gasteiger charge is -2.30. The van der Waals surface area contributed by atoms with Crippen LogP contribution in [0.15, 0.2) is 22.7 Å². The Labute approximate surface area is 127 Å². The number of nitrogens with one attached hydrogen (secondary N) is 1. The highest BCUT2D eigenvalue weighted by Gasteiger charge is 2.24. The third-order valence-corrected chi connectivity index (χ3v) is 3.99. The molecule has 1 aliphatic heterocycles. The van der Waals surface area contributed by atoms with Gasteiger partial charge in [-0.1, -0.05) is 29.3 Å². The molecule has 1 fully saturated rings. The molecule has 0 amide bonds. The lowest BCUT2D eigenvalue weighted by Crippen LogP contribution is -2.34. The van der Waals surface area contributed by atoms with E-state index in [2.05, 4.69) is 28.2 Å². The standard InChI is InChI=1S/C14H19BrN2O3/c1-2-3-12-9-11(6-7-20-12)16-13-5-4-10(15)8-14(13)17(18)19/h4-5,8,11-12,16H,2-3,6-7,9H2,1H3. The molecule has 1 saturated heterocycles. The van der Waals surface area contributed by atoms with Gasteiger partial charge in [-0.15, -0.1) is 0 Å². The maximum atomic E-state index is 11.1. The number of hydrogen-bond donors (Lipinski definition) is 1. The second-order valence-electron chi connectivity index (χ2n) is 5.07. The fourth-order valence-corrected chi connectivity index (χ4v) is 2.88. The summed E-state index contributed by atoms with van der Waals surface area (Å²) in [5, 5.41) is 14.4. The largest absolute Gasteiger partial charge is 0.378 e. The average molecular weight is 343 g/mol. The van der Waals surface area contributed by atoms with Crippen LogP contribution >= 0.6 is 15.9 Å². The molecule has 0 radical (unpaired) electrons. The Bertz CT molecular complexity index is 479. The summed E-state index contributed by atoms with van der Waals surface area (Å²) < 4.78 is 6.42. The molecule has 1 aliphatic rings. The van der Waals surface area contributed by atoms with Gasteiger partial charge in [0.2, 0.25) is 0 Å². The van der Waals surface area contributed by atoms with Crippen molar-refractivity contribution in [2.75, 3.05) is 11.9 Å². The molecule has 2 atom stereocenters. The molecule has 0 spiro atoms. The predicted molar refractivity (Wildman–Crippen MR) is 82.1 cm³/mol. The second-order valence-corrected chi connectivity index (χ2v) is 5.98. The highest BCUT2D eigenvalue weighted by molar-refractivity contribution is 9.10. The first kappa shape index (κ1) is 15.3. The molecule has 20 heavy (non-hydrogen) atoms. The summed E-state index contributed by atoms with van der Waals surface area (Å²) in [5.41, 5.74) is 0.693. The Kier molecular flexibility index (Phi) is 5.37. The van der Waals surface area contributed by atoms with Crippen molar-refractivity contribution < 1.29 is 9.66 Å². The van der Waals surface area contributed by atoms with Crippen LogP contribution in [0, 0.1) is 10.1 Å². The molecule has 1 aromatic carbocycles. The van der Waals surface area contributed by atoms with E-state index in [1.165, 1.54) is 6.07 Å². The molecule has 2 rings (SSSR count). The maximum Gasteiger partial charge on any atom is 0.293 e. The molecule has 0 aliphatic carbocycles. The summed E-state index contributed by atoms with van der Waals surface area (Å²) in [6.07, 6.45) is 4.19. The SMILES string of the molecule is CCCC1CC(Nc2ccc(Br)cc2[N+](=O)[O-])CCO1. The van der Waals surface area contributed by atoms with Crippen molar-refractivity contribution in [2.45, 2.75) is 44.8 Å². The number of hydrogen-bond acceptors (Lipinski definition) is 4. The summed E-state index contributed by atoms with van der Waals surface area (Å²) in [7, 11) is 0. The van der Waals surface area contributed by atoms with Gasteiger partial charge in [-0.2, -0.15) is 0 Å². The maximum absolute atomic E-state index is 11.1. The summed E-state index contributed by atoms with van der Waals surface area (Å²) in [4.78, 5) is 10.8. The van der Waals surface area contributed by atoms with Gasteiger partial charge in [-0.3, -0.25) is 10.1 Å². The Morgan fingerprint density at radius 1 is 1.55 bits per heavy atom. The summed E-state index contributed by atoms with van der Waals surface area (Å²) >= 11 is 3.27. The summed E-state index contributed by atoms with van der Waals surface area (Å²) in [6, 6.07) is 5.34. The monoisotopic (exact) mass is 342 g/mol. The van der Waals surface area contributed by atoms with E-state index < -0.39 is 0 Å². The Morgan fingerprint density at radius 2 is 2.35 bits per heavy atom. The minimum absolute atomic E-state index is 0.109. The van der Waals surface area contributed by atoms with Crippen molar-refractivity contribution in [3.05, 3.63) is 32.8 Å². The van der Waals surface area contributed by atoms with Gasteiger partial charge >= 0.3 is 0 Å². The van der Waals surface area contributed by atoms with Crippen molar-refractivity contribution in [3.8, 4) is 0 Å². The minimum atomic E-state index is -0.351. The van der Waals surface area contributed by atoms with E-state index in [-0.39, 0.29) is 22.8 Å². The number of anilines is 1. The normalized spacial score (nSPS) is 22.5. The summed E-state index contributed by atoms with van der Waals surface area (Å²) in [6.45, 7) is 2.85. The molecule has 6 heteroatoms. The van der Waals surface area contributed by atoms with Gasteiger partial charge in [0.1, 0.15) is 5.69 Å². The van der Waals surface area contributed by atoms with E-state index >= 15 is 0 Å². The van der Waals surface area contributed by atoms with Gasteiger partial charge in [-0.25, -0.2) is 0 Å². The Balaban J connectivity index is 2.07. The fourth-order valence-electron chi connectivity index (χ4n) is 2.53. The zero-order valence-electron chi connectivity index (χ0n) is 11.5. The van der Waals surface area contributed by atoms with Crippen molar-refractivity contribution in [1.29, 1.82) is 0 Å². The third-order valence-electron chi connectivity index (χ3n) is 3.49. The van der Waals surface area contributed by atoms with Crippen LogP contribution in [0.4, 0.5) is 11.4 Å². The van der Waals surface area contributed by atoms with Crippen molar-refractivity contribution in [3.63, 3.8) is 0 Å². The molecule has 1 heterocycles. The predicted octanol–water partition coefficient (Wildman–Crippen LogP) is 4.12. The number of nitro groups is 1. The molecule has 1 aromatic rings. The molecule has 5 nitrogen and oxygen atoms in total. The highest BCUT2D eigenvalue weighted by atomic mass is 79.9. The molecule has 110 valence electrons. The quantitative estimate of drug-likeness (QED) is 0.645. The number of ether oxygens (including phenoxy) is 1. The average Bonchev–Trinajstić information content (AvgIpc) is 2.41. The molecular weight excluding hydrogens is 324 g/mol. The van der Waals surface area contributed by atoms with Gasteiger partial charge in [0.25, 0.3) is 5.69 Å². The minimum Gasteiger partial charge on any atom is -0.378 e. The smallest absolute Gasteiger partial charge is 0.293 e. The molecule has 2 unspecified atom stereocenters. The number of nitro benzene ring substituents is 1. The topological polar surface area (TPSA) is 64.4 Å². The van der Waals surface area contributed by atoms with Gasteiger partial charge in [0, 0.05) is 23.2 Å². The van der Waals surface area contributed by atoms with Gasteiger partial charge < -0.3 is 10.1 Å². The fraction of sp³-hybridized carbons (Fsp3) is 0.571. The van der Waals surface area contributed by atoms with E-state index in [4.69, 9.17) is 4.74 Å². The van der Waals surface area contributed by atoms with Crippen LogP contribution in [-0.4, -0.2) is 23.7 Å². The van der Waals surface area contributed by atoms with Crippen LogP contribution in [-0.2, 0) is 4.74 Å². The van der Waals surface area contributed by atoms with E-state index in [0.717, 1.165) is 25.7 Å². The van der Waals surface area contributed by atoms with E-state index in [9.17, 15) is 10.1 Å². The van der Waals surface area contributed by atoms with Crippen LogP contribution in [0.5, 0.6) is 0 Å². The van der Waals surface area contributed by atoms with Crippen LogP contribution < -0.4 is 5.32 Å². The lowest BCUT2D eigenvalue weighted by molar-refractivity contribution is -0.384. The summed E-state index contributed by atoms with van der Waals surface area (Å²) in [5.74, 6) is 0. The van der Waals surface area contributed by atoms with Gasteiger partial charge in [0.15, 0.2) is 0 Å². The second kappa shape index (κ2) is 7.04. The van der Waals surface area contributed by atoms with Crippen LogP contribution in [0.1, 0.15) is 32.6 Å². The van der Waals surface area contributed by atoms with Gasteiger partial charge in [0.05, 0.1) is 11.0 Å². The van der Waals surface area contributed by atoms with Gasteiger partial charge in [-0.05, 0) is 31.4 Å². The first-order valence-electron chi connectivity index (χ1n) is 6.92. The lowest BCUT2D eigenvalue weighted by atomic mass is 10.00.